The van der Waals surface area contributed by atoms with Crippen molar-refractivity contribution in [1.82, 2.24) is 5.12 Å². The second kappa shape index (κ2) is 6.21. The second-order valence-corrected chi connectivity index (χ2v) is 4.38. The van der Waals surface area contributed by atoms with Crippen LogP contribution in [0, 0.1) is 5.41 Å². The number of benzene rings is 1. The highest BCUT2D eigenvalue weighted by Gasteiger charge is 2.14. The number of hydrazine groups is 1. The molecule has 0 amide bonds. The molecule has 2 rings (SSSR count). The first-order valence-corrected chi connectivity index (χ1v) is 6.22. The van der Waals surface area contributed by atoms with Gasteiger partial charge in [-0.05, 0) is 47.8 Å². The summed E-state index contributed by atoms with van der Waals surface area (Å²) in [5, 5.41) is 11.9. The molecule has 0 bridgehead atoms. The molecule has 20 heavy (non-hydrogen) atoms. The molecule has 0 aliphatic heterocycles. The standard InChI is InChI=1S/C14H18N4O2/c1-19-13-6-11-4-3-10(8-17-18(16)9-15)5-12(11)7-14(13)20-2/h5-9,15H,3-4,16H2,1-2H3. The Hall–Kier alpha value is -2.34. The van der Waals surface area contributed by atoms with Crippen molar-refractivity contribution in [2.24, 2.45) is 10.9 Å². The van der Waals surface area contributed by atoms with E-state index in [1.54, 1.807) is 20.4 Å². The fourth-order valence-electron chi connectivity index (χ4n) is 2.11. The number of hydrogen-bond acceptors (Lipinski definition) is 5. The summed E-state index contributed by atoms with van der Waals surface area (Å²) in [6.45, 7) is 0. The van der Waals surface area contributed by atoms with Gasteiger partial charge < -0.3 is 9.47 Å². The Morgan fingerprint density at radius 2 is 1.95 bits per heavy atom. The number of nitrogens with two attached hydrogens (primary N) is 1. The summed E-state index contributed by atoms with van der Waals surface area (Å²) in [5.41, 5.74) is 3.37. The van der Waals surface area contributed by atoms with E-state index >= 15 is 0 Å². The summed E-state index contributed by atoms with van der Waals surface area (Å²) in [4.78, 5) is 0. The van der Waals surface area contributed by atoms with E-state index in [4.69, 9.17) is 20.7 Å². The number of allylic oxidation sites excluding steroid dienone is 1. The zero-order valence-electron chi connectivity index (χ0n) is 11.6. The lowest BCUT2D eigenvalue weighted by molar-refractivity contribution is 0.354. The molecule has 0 unspecified atom stereocenters. The number of hydrazone groups is 1. The number of fused-ring (bicyclic) bond motifs is 1. The molecule has 0 spiro atoms. The zero-order chi connectivity index (χ0) is 14.5. The average Bonchev–Trinajstić information content (AvgIpc) is 2.50. The third-order valence-corrected chi connectivity index (χ3v) is 3.16. The first-order valence-electron chi connectivity index (χ1n) is 6.22. The highest BCUT2D eigenvalue weighted by molar-refractivity contribution is 5.87. The maximum atomic E-state index is 6.95. The molecule has 6 nitrogen and oxygen atoms in total. The summed E-state index contributed by atoms with van der Waals surface area (Å²) < 4.78 is 10.6. The topological polar surface area (TPSA) is 83.9 Å². The number of methoxy groups -OCH3 is 2. The van der Waals surface area contributed by atoms with Crippen LogP contribution in [0.5, 0.6) is 11.5 Å². The molecule has 0 aromatic heterocycles. The summed E-state index contributed by atoms with van der Waals surface area (Å²) in [6, 6.07) is 3.96. The molecule has 6 heteroatoms. The Kier molecular flexibility index (Phi) is 4.37. The Morgan fingerprint density at radius 3 is 2.60 bits per heavy atom. The van der Waals surface area contributed by atoms with E-state index in [0.29, 0.717) is 5.75 Å². The van der Waals surface area contributed by atoms with Crippen LogP contribution < -0.4 is 15.3 Å². The average molecular weight is 274 g/mol. The largest absolute Gasteiger partial charge is 0.493 e. The zero-order valence-corrected chi connectivity index (χ0v) is 11.6. The third-order valence-electron chi connectivity index (χ3n) is 3.16. The highest BCUT2D eigenvalue weighted by Crippen LogP contribution is 2.34. The smallest absolute Gasteiger partial charge is 0.161 e. The molecular weight excluding hydrogens is 256 g/mol. The van der Waals surface area contributed by atoms with Crippen molar-refractivity contribution in [2.75, 3.05) is 14.2 Å². The molecule has 0 atom stereocenters. The maximum absolute atomic E-state index is 6.95. The number of ether oxygens (including phenoxy) is 2. The van der Waals surface area contributed by atoms with Gasteiger partial charge in [0.1, 0.15) is 6.34 Å². The van der Waals surface area contributed by atoms with E-state index in [1.165, 1.54) is 5.56 Å². The quantitative estimate of drug-likeness (QED) is 0.371. The molecule has 0 heterocycles. The second-order valence-electron chi connectivity index (χ2n) is 4.38. The van der Waals surface area contributed by atoms with E-state index in [1.807, 2.05) is 18.2 Å². The fourth-order valence-corrected chi connectivity index (χ4v) is 2.11. The molecule has 1 aliphatic carbocycles. The molecule has 0 saturated heterocycles. The van der Waals surface area contributed by atoms with Crippen LogP contribution >= 0.6 is 0 Å². The first kappa shape index (κ1) is 14.1. The lowest BCUT2D eigenvalue weighted by atomic mass is 9.92. The molecule has 0 fully saturated rings. The van der Waals surface area contributed by atoms with E-state index in [0.717, 1.165) is 41.2 Å². The van der Waals surface area contributed by atoms with Crippen LogP contribution in [0.25, 0.3) is 6.08 Å². The molecule has 1 aliphatic rings. The summed E-state index contributed by atoms with van der Waals surface area (Å²) in [6.07, 6.45) is 6.44. The summed E-state index contributed by atoms with van der Waals surface area (Å²) >= 11 is 0. The van der Waals surface area contributed by atoms with Gasteiger partial charge in [0, 0.05) is 0 Å². The SMILES string of the molecule is COc1cc2c(cc1OC)CCC(C=NN(N)C=N)=C2. The van der Waals surface area contributed by atoms with Crippen molar-refractivity contribution >= 4 is 18.6 Å². The van der Waals surface area contributed by atoms with E-state index < -0.39 is 0 Å². The number of rotatable bonds is 5. The van der Waals surface area contributed by atoms with Crippen LogP contribution in [-0.2, 0) is 6.42 Å². The Bertz CT molecular complexity index is 567. The van der Waals surface area contributed by atoms with E-state index in [-0.39, 0.29) is 0 Å². The molecule has 1 aromatic carbocycles. The lowest BCUT2D eigenvalue weighted by Gasteiger charge is -2.17. The predicted molar refractivity (Wildman–Crippen MR) is 79.1 cm³/mol. The van der Waals surface area contributed by atoms with Crippen LogP contribution in [0.15, 0.2) is 22.8 Å². The van der Waals surface area contributed by atoms with Crippen LogP contribution in [0.3, 0.4) is 0 Å². The van der Waals surface area contributed by atoms with E-state index in [2.05, 4.69) is 5.10 Å². The monoisotopic (exact) mass is 274 g/mol. The first-order chi connectivity index (χ1) is 9.67. The van der Waals surface area contributed by atoms with Gasteiger partial charge in [-0.2, -0.15) is 10.2 Å². The van der Waals surface area contributed by atoms with Gasteiger partial charge in [0.25, 0.3) is 0 Å². The minimum atomic E-state index is 0.709. The number of nitrogens with zero attached hydrogens (tertiary/aromatic N) is 2. The van der Waals surface area contributed by atoms with Gasteiger partial charge in [0.15, 0.2) is 11.5 Å². The van der Waals surface area contributed by atoms with Gasteiger partial charge >= 0.3 is 0 Å². The molecule has 0 radical (unpaired) electrons. The molecule has 0 saturated carbocycles. The van der Waals surface area contributed by atoms with Crippen molar-refractivity contribution in [3.8, 4) is 11.5 Å². The highest BCUT2D eigenvalue weighted by atomic mass is 16.5. The van der Waals surface area contributed by atoms with Gasteiger partial charge in [-0.1, -0.05) is 0 Å². The molecule has 106 valence electrons. The van der Waals surface area contributed by atoms with Crippen LogP contribution in [0.2, 0.25) is 0 Å². The van der Waals surface area contributed by atoms with Crippen LogP contribution in [-0.4, -0.2) is 31.9 Å². The lowest BCUT2D eigenvalue weighted by Crippen LogP contribution is -2.22. The Morgan fingerprint density at radius 1 is 1.25 bits per heavy atom. The van der Waals surface area contributed by atoms with Gasteiger partial charge in [-0.3, -0.25) is 5.41 Å². The summed E-state index contributed by atoms with van der Waals surface area (Å²) in [7, 11) is 3.25. The van der Waals surface area contributed by atoms with Gasteiger partial charge in [0.2, 0.25) is 0 Å². The van der Waals surface area contributed by atoms with Crippen molar-refractivity contribution in [2.45, 2.75) is 12.8 Å². The third kappa shape index (κ3) is 2.97. The predicted octanol–water partition coefficient (Wildman–Crippen LogP) is 1.80. The minimum absolute atomic E-state index is 0.709. The van der Waals surface area contributed by atoms with E-state index in [9.17, 15) is 0 Å². The van der Waals surface area contributed by atoms with Gasteiger partial charge in [0.05, 0.1) is 20.4 Å². The minimum Gasteiger partial charge on any atom is -0.493 e. The maximum Gasteiger partial charge on any atom is 0.161 e. The van der Waals surface area contributed by atoms with Gasteiger partial charge in [-0.25, -0.2) is 5.84 Å². The molecule has 3 N–H and O–H groups in total. The van der Waals surface area contributed by atoms with Crippen LogP contribution in [0.4, 0.5) is 0 Å². The van der Waals surface area contributed by atoms with Crippen molar-refractivity contribution in [3.63, 3.8) is 0 Å². The Labute approximate surface area is 118 Å². The van der Waals surface area contributed by atoms with Crippen molar-refractivity contribution in [3.05, 3.63) is 28.8 Å². The van der Waals surface area contributed by atoms with Crippen LogP contribution in [0.1, 0.15) is 17.5 Å². The molecule has 1 aromatic rings. The Balaban J connectivity index is 2.30. The fraction of sp³-hybridized carbons (Fsp3) is 0.286. The number of nitrogens with one attached hydrogen (secondary N) is 1. The van der Waals surface area contributed by atoms with Crippen molar-refractivity contribution < 1.29 is 9.47 Å². The van der Waals surface area contributed by atoms with Crippen molar-refractivity contribution in [1.29, 1.82) is 5.41 Å². The number of hydrogen-bond donors (Lipinski definition) is 2. The van der Waals surface area contributed by atoms with Gasteiger partial charge in [-0.15, -0.1) is 0 Å². The summed E-state index contributed by atoms with van der Waals surface area (Å²) in [5.74, 6) is 6.85. The normalized spacial score (nSPS) is 13.7. The number of aryl methyl sites for hydroxylation is 1. The molecular formula is C14H18N4O2.